The monoisotopic (exact) mass is 218 g/mol. The molecule has 0 aliphatic rings. The fourth-order valence-electron chi connectivity index (χ4n) is 1.01. The molecular weight excluding hydrogens is 207 g/mol. The van der Waals surface area contributed by atoms with Gasteiger partial charge in [0.05, 0.1) is 19.5 Å². The summed E-state index contributed by atoms with van der Waals surface area (Å²) in [6.07, 6.45) is 0. The van der Waals surface area contributed by atoms with Gasteiger partial charge in [-0.3, -0.25) is 4.57 Å². The zero-order chi connectivity index (χ0) is 10.8. The lowest BCUT2D eigenvalue weighted by molar-refractivity contribution is 0.354. The Hall–Kier alpha value is -1.03. The molecule has 6 heteroatoms. The zero-order valence-corrected chi connectivity index (χ0v) is 8.69. The summed E-state index contributed by atoms with van der Waals surface area (Å²) in [7, 11) is -1.37. The second-order valence-electron chi connectivity index (χ2n) is 2.58. The van der Waals surface area contributed by atoms with Gasteiger partial charge in [0.1, 0.15) is 0 Å². The minimum atomic E-state index is -4.22. The summed E-state index contributed by atoms with van der Waals surface area (Å²) in [6.45, 7) is 0. The predicted octanol–water partition coefficient (Wildman–Crippen LogP) is 0.507. The third-order valence-corrected chi connectivity index (χ3v) is 2.65. The van der Waals surface area contributed by atoms with Gasteiger partial charge in [0.25, 0.3) is 0 Å². The molecule has 0 bridgehead atoms. The van der Waals surface area contributed by atoms with Crippen LogP contribution in [0.25, 0.3) is 0 Å². The van der Waals surface area contributed by atoms with E-state index < -0.39 is 7.60 Å². The third-order valence-electron chi connectivity index (χ3n) is 1.70. The third kappa shape index (κ3) is 2.26. The fourth-order valence-corrected chi connectivity index (χ4v) is 1.56. The first-order valence-electron chi connectivity index (χ1n) is 3.77. The van der Waals surface area contributed by atoms with E-state index in [0.29, 0.717) is 11.5 Å². The van der Waals surface area contributed by atoms with Crippen molar-refractivity contribution in [2.24, 2.45) is 0 Å². The van der Waals surface area contributed by atoms with E-state index in [2.05, 4.69) is 0 Å². The lowest BCUT2D eigenvalue weighted by Gasteiger charge is -2.09. The van der Waals surface area contributed by atoms with Gasteiger partial charge in [-0.25, -0.2) is 0 Å². The normalized spacial score (nSPS) is 11.1. The van der Waals surface area contributed by atoms with E-state index in [1.54, 1.807) is 0 Å². The molecule has 78 valence electrons. The van der Waals surface area contributed by atoms with E-state index in [1.165, 1.54) is 32.4 Å². The molecule has 0 fully saturated rings. The van der Waals surface area contributed by atoms with Gasteiger partial charge in [-0.05, 0) is 18.2 Å². The van der Waals surface area contributed by atoms with Gasteiger partial charge in [0.15, 0.2) is 11.5 Å². The van der Waals surface area contributed by atoms with Crippen molar-refractivity contribution in [2.75, 3.05) is 14.2 Å². The predicted molar refractivity (Wildman–Crippen MR) is 51.2 cm³/mol. The number of hydrogen-bond acceptors (Lipinski definition) is 3. The average Bonchev–Trinajstić information content (AvgIpc) is 2.15. The molecule has 1 aromatic carbocycles. The lowest BCUT2D eigenvalue weighted by Crippen LogP contribution is -2.04. The number of rotatable bonds is 3. The molecule has 0 amide bonds. The lowest BCUT2D eigenvalue weighted by atomic mass is 10.3. The quantitative estimate of drug-likeness (QED) is 0.723. The SMILES string of the molecule is COc1ccc(P(=O)(O)O)cc1OC. The summed E-state index contributed by atoms with van der Waals surface area (Å²) < 4.78 is 20.7. The fraction of sp³-hybridized carbons (Fsp3) is 0.250. The van der Waals surface area contributed by atoms with Crippen LogP contribution in [0.3, 0.4) is 0 Å². The maximum Gasteiger partial charge on any atom is 0.356 e. The van der Waals surface area contributed by atoms with E-state index in [0.717, 1.165) is 0 Å². The Kier molecular flexibility index (Phi) is 3.16. The van der Waals surface area contributed by atoms with Crippen molar-refractivity contribution >= 4 is 12.9 Å². The Labute approximate surface area is 81.4 Å². The molecule has 0 saturated carbocycles. The van der Waals surface area contributed by atoms with E-state index >= 15 is 0 Å². The molecule has 0 aromatic heterocycles. The molecule has 0 aliphatic heterocycles. The highest BCUT2D eigenvalue weighted by Gasteiger charge is 2.19. The average molecular weight is 218 g/mol. The summed E-state index contributed by atoms with van der Waals surface area (Å²) >= 11 is 0. The van der Waals surface area contributed by atoms with Crippen LogP contribution in [0.2, 0.25) is 0 Å². The molecule has 14 heavy (non-hydrogen) atoms. The molecule has 0 aliphatic carbocycles. The second-order valence-corrected chi connectivity index (χ2v) is 4.19. The molecule has 0 radical (unpaired) electrons. The first kappa shape index (κ1) is 11.0. The van der Waals surface area contributed by atoms with Crippen LogP contribution in [-0.4, -0.2) is 24.0 Å². The summed E-state index contributed by atoms with van der Waals surface area (Å²) in [4.78, 5) is 17.8. The molecule has 0 atom stereocenters. The van der Waals surface area contributed by atoms with E-state index in [4.69, 9.17) is 19.3 Å². The van der Waals surface area contributed by atoms with Crippen molar-refractivity contribution in [3.63, 3.8) is 0 Å². The van der Waals surface area contributed by atoms with E-state index in [-0.39, 0.29) is 5.30 Å². The molecule has 0 saturated heterocycles. The highest BCUT2D eigenvalue weighted by atomic mass is 31.2. The molecule has 0 heterocycles. The van der Waals surface area contributed by atoms with Crippen LogP contribution in [0.5, 0.6) is 11.5 Å². The molecule has 0 unspecified atom stereocenters. The van der Waals surface area contributed by atoms with Gasteiger partial charge in [0.2, 0.25) is 0 Å². The van der Waals surface area contributed by atoms with Crippen molar-refractivity contribution in [1.29, 1.82) is 0 Å². The second kappa shape index (κ2) is 4.00. The zero-order valence-electron chi connectivity index (χ0n) is 7.80. The number of ether oxygens (including phenoxy) is 2. The van der Waals surface area contributed by atoms with Crippen LogP contribution in [0.1, 0.15) is 0 Å². The Morgan fingerprint density at radius 2 is 1.71 bits per heavy atom. The van der Waals surface area contributed by atoms with Gasteiger partial charge >= 0.3 is 7.60 Å². The Morgan fingerprint density at radius 3 is 2.14 bits per heavy atom. The Balaban J connectivity index is 3.21. The molecule has 2 N–H and O–H groups in total. The summed E-state index contributed by atoms with van der Waals surface area (Å²) in [5, 5.41) is -0.0878. The van der Waals surface area contributed by atoms with Gasteiger partial charge in [-0.1, -0.05) is 0 Å². The van der Waals surface area contributed by atoms with Crippen molar-refractivity contribution in [2.45, 2.75) is 0 Å². The van der Waals surface area contributed by atoms with Crippen LogP contribution < -0.4 is 14.8 Å². The first-order valence-corrected chi connectivity index (χ1v) is 5.38. The van der Waals surface area contributed by atoms with Crippen molar-refractivity contribution in [3.8, 4) is 11.5 Å². The smallest absolute Gasteiger partial charge is 0.356 e. The summed E-state index contributed by atoms with van der Waals surface area (Å²) in [5.41, 5.74) is 0. The topological polar surface area (TPSA) is 76.0 Å². The molecule has 0 spiro atoms. The van der Waals surface area contributed by atoms with Crippen LogP contribution in [-0.2, 0) is 4.57 Å². The summed E-state index contributed by atoms with van der Waals surface area (Å²) in [5.74, 6) is 0.734. The van der Waals surface area contributed by atoms with Gasteiger partial charge in [0, 0.05) is 0 Å². The molecule has 5 nitrogen and oxygen atoms in total. The summed E-state index contributed by atoms with van der Waals surface area (Å²) in [6, 6.07) is 4.02. The number of benzene rings is 1. The van der Waals surface area contributed by atoms with Crippen molar-refractivity contribution in [1.82, 2.24) is 0 Å². The Bertz CT molecular complexity index is 370. The van der Waals surface area contributed by atoms with E-state index in [9.17, 15) is 4.57 Å². The highest BCUT2D eigenvalue weighted by Crippen LogP contribution is 2.36. The molecule has 1 rings (SSSR count). The Morgan fingerprint density at radius 1 is 1.14 bits per heavy atom. The van der Waals surface area contributed by atoms with Crippen LogP contribution in [0.15, 0.2) is 18.2 Å². The van der Waals surface area contributed by atoms with Gasteiger partial charge in [-0.2, -0.15) is 0 Å². The minimum Gasteiger partial charge on any atom is -0.493 e. The maximum absolute atomic E-state index is 10.9. The minimum absolute atomic E-state index is 0.0878. The largest absolute Gasteiger partial charge is 0.493 e. The van der Waals surface area contributed by atoms with E-state index in [1.807, 2.05) is 0 Å². The van der Waals surface area contributed by atoms with Crippen molar-refractivity contribution in [3.05, 3.63) is 18.2 Å². The van der Waals surface area contributed by atoms with Crippen LogP contribution in [0.4, 0.5) is 0 Å². The highest BCUT2D eigenvalue weighted by molar-refractivity contribution is 7.60. The maximum atomic E-state index is 10.9. The standard InChI is InChI=1S/C8H11O5P/c1-12-7-4-3-6(14(9,10)11)5-8(7)13-2/h3-5H,1-2H3,(H2,9,10,11). The van der Waals surface area contributed by atoms with Crippen LogP contribution in [0, 0.1) is 0 Å². The molecular formula is C8H11O5P. The number of methoxy groups -OCH3 is 2. The first-order chi connectivity index (χ1) is 6.49. The van der Waals surface area contributed by atoms with Crippen LogP contribution >= 0.6 is 7.60 Å². The van der Waals surface area contributed by atoms with Crippen molar-refractivity contribution < 1.29 is 23.8 Å². The number of hydrogen-bond donors (Lipinski definition) is 2. The van der Waals surface area contributed by atoms with Gasteiger partial charge in [-0.15, -0.1) is 0 Å². The van der Waals surface area contributed by atoms with Gasteiger partial charge < -0.3 is 19.3 Å². The molecule has 1 aromatic rings.